The molecule has 2 nitrogen and oxygen atoms in total. The zero-order chi connectivity index (χ0) is 6.83. The van der Waals surface area contributed by atoms with Crippen LogP contribution in [0.5, 0.6) is 0 Å². The van der Waals surface area contributed by atoms with Gasteiger partial charge in [0, 0.05) is 39.8 Å². The average molecular weight is 205 g/mol. The van der Waals surface area contributed by atoms with Crippen molar-refractivity contribution < 1.29 is 42.2 Å². The molecule has 0 aromatic carbocycles. The summed E-state index contributed by atoms with van der Waals surface area (Å²) in [5, 5.41) is 0. The van der Waals surface area contributed by atoms with E-state index in [2.05, 4.69) is 11.7 Å². The van der Waals surface area contributed by atoms with Crippen LogP contribution >= 0.6 is 0 Å². The van der Waals surface area contributed by atoms with E-state index in [0.29, 0.717) is 0 Å². The van der Waals surface area contributed by atoms with Gasteiger partial charge in [0.05, 0.1) is 0 Å². The van der Waals surface area contributed by atoms with E-state index in [9.17, 15) is 0 Å². The fraction of sp³-hybridized carbons (Fsp3) is 0.667. The second-order valence-corrected chi connectivity index (χ2v) is 1.08. The van der Waals surface area contributed by atoms with Crippen molar-refractivity contribution in [1.82, 2.24) is 0 Å². The van der Waals surface area contributed by atoms with Gasteiger partial charge >= 0.3 is 0 Å². The number of methoxy groups -OCH3 is 1. The van der Waals surface area contributed by atoms with Gasteiger partial charge in [0.1, 0.15) is 0 Å². The maximum atomic E-state index is 9.15. The average Bonchev–Trinajstić information content (AvgIpc) is 1.71. The molecule has 0 aromatic heterocycles. The molecular formula is C6H12O2Y-2. The Kier molecular flexibility index (Phi) is 42.4. The Balaban J connectivity index is -0.0000000800. The molecule has 0 bridgehead atoms. The first-order valence-corrected chi connectivity index (χ1v) is 2.46. The van der Waals surface area contributed by atoms with Crippen LogP contribution in [0, 0.1) is 6.92 Å². The first-order chi connectivity index (χ1) is 3.83. The fourth-order valence-electron chi connectivity index (χ4n) is 0.0589. The predicted octanol–water partition coefficient (Wildman–Crippen LogP) is 0.970. The van der Waals surface area contributed by atoms with Crippen LogP contribution in [0.15, 0.2) is 0 Å². The monoisotopic (exact) mass is 205 g/mol. The van der Waals surface area contributed by atoms with Crippen molar-refractivity contribution in [1.29, 1.82) is 0 Å². The third-order valence-corrected chi connectivity index (χ3v) is 0.203. The minimum atomic E-state index is 0. The Hall–Kier alpha value is 0.734. The molecule has 0 amide bonds. The standard InChI is InChI=1S/C3H5O2.C3H7.Y/c1-5-3-2-4;1-3-2;/h3H2,1H3;1,3H2,2H3;/q2*-1;. The van der Waals surface area contributed by atoms with Gasteiger partial charge in [-0.3, -0.25) is 0 Å². The summed E-state index contributed by atoms with van der Waals surface area (Å²) < 4.78 is 4.27. The van der Waals surface area contributed by atoms with E-state index < -0.39 is 0 Å². The van der Waals surface area contributed by atoms with E-state index in [0.717, 1.165) is 6.42 Å². The topological polar surface area (TPSA) is 26.3 Å². The quantitative estimate of drug-likeness (QED) is 0.628. The van der Waals surface area contributed by atoms with Crippen LogP contribution in [-0.2, 0) is 42.2 Å². The van der Waals surface area contributed by atoms with Gasteiger partial charge in [-0.1, -0.05) is 6.92 Å². The Morgan fingerprint density at radius 3 is 2.00 bits per heavy atom. The van der Waals surface area contributed by atoms with Gasteiger partial charge in [-0.25, -0.2) is 6.29 Å². The second-order valence-electron chi connectivity index (χ2n) is 1.08. The molecule has 0 aromatic rings. The van der Waals surface area contributed by atoms with Gasteiger partial charge in [0.2, 0.25) is 0 Å². The largest absolute Gasteiger partial charge is 0.540 e. The van der Waals surface area contributed by atoms with Crippen LogP contribution in [0.2, 0.25) is 0 Å². The molecule has 53 valence electrons. The summed E-state index contributed by atoms with van der Waals surface area (Å²) in [6.07, 6.45) is 2.55. The van der Waals surface area contributed by atoms with E-state index in [1.807, 2.05) is 6.92 Å². The molecule has 0 heterocycles. The van der Waals surface area contributed by atoms with Crippen molar-refractivity contribution in [3.8, 4) is 0 Å². The minimum absolute atomic E-state index is 0. The molecule has 0 aliphatic carbocycles. The summed E-state index contributed by atoms with van der Waals surface area (Å²) in [5.74, 6) is 0. The summed E-state index contributed by atoms with van der Waals surface area (Å²) in [5.41, 5.74) is 0. The molecule has 0 N–H and O–H groups in total. The molecule has 0 rings (SSSR count). The van der Waals surface area contributed by atoms with Crippen molar-refractivity contribution in [3.63, 3.8) is 0 Å². The van der Waals surface area contributed by atoms with Crippen molar-refractivity contribution in [3.05, 3.63) is 6.92 Å². The molecule has 0 unspecified atom stereocenters. The van der Waals surface area contributed by atoms with E-state index in [4.69, 9.17) is 4.79 Å². The van der Waals surface area contributed by atoms with Crippen molar-refractivity contribution >= 4 is 6.29 Å². The number of hydrogen-bond donors (Lipinski definition) is 0. The van der Waals surface area contributed by atoms with E-state index in [1.165, 1.54) is 7.11 Å². The van der Waals surface area contributed by atoms with Crippen LogP contribution in [-0.4, -0.2) is 20.0 Å². The molecule has 3 heteroatoms. The molecule has 0 atom stereocenters. The summed E-state index contributed by atoms with van der Waals surface area (Å²) in [6, 6.07) is 0. The smallest absolute Gasteiger partial charge is 0.0322 e. The zero-order valence-electron chi connectivity index (χ0n) is 6.02. The Bertz CT molecular complexity index is 40.0. The molecule has 0 saturated carbocycles. The van der Waals surface area contributed by atoms with Crippen LogP contribution in [0.1, 0.15) is 13.3 Å². The first kappa shape index (κ1) is 16.4. The SMILES string of the molecule is COC[C-]=O.[CH2-]CC.[Y]. The molecule has 0 aliphatic heterocycles. The van der Waals surface area contributed by atoms with Gasteiger partial charge < -0.3 is 16.5 Å². The molecule has 0 saturated heterocycles. The van der Waals surface area contributed by atoms with Crippen molar-refractivity contribution in [2.75, 3.05) is 13.7 Å². The number of ether oxygens (including phenoxy) is 1. The van der Waals surface area contributed by atoms with E-state index in [-0.39, 0.29) is 39.3 Å². The second kappa shape index (κ2) is 23.3. The van der Waals surface area contributed by atoms with Crippen LogP contribution in [0.4, 0.5) is 0 Å². The third-order valence-electron chi connectivity index (χ3n) is 0.203. The fourth-order valence-corrected chi connectivity index (χ4v) is 0.0589. The summed E-state index contributed by atoms with van der Waals surface area (Å²) in [7, 11) is 1.45. The first-order valence-electron chi connectivity index (χ1n) is 2.46. The molecule has 1 radical (unpaired) electrons. The van der Waals surface area contributed by atoms with Crippen LogP contribution in [0.25, 0.3) is 0 Å². The normalized spacial score (nSPS) is 6.11. The number of rotatable bonds is 2. The summed E-state index contributed by atoms with van der Waals surface area (Å²) >= 11 is 0. The summed E-state index contributed by atoms with van der Waals surface area (Å²) in [4.78, 5) is 9.15. The van der Waals surface area contributed by atoms with Crippen molar-refractivity contribution in [2.24, 2.45) is 0 Å². The molecule has 9 heavy (non-hydrogen) atoms. The van der Waals surface area contributed by atoms with E-state index >= 15 is 0 Å². The van der Waals surface area contributed by atoms with Gasteiger partial charge in [-0.2, -0.15) is 6.42 Å². The predicted molar refractivity (Wildman–Crippen MR) is 33.2 cm³/mol. The van der Waals surface area contributed by atoms with E-state index in [1.54, 1.807) is 6.29 Å². The zero-order valence-corrected chi connectivity index (χ0v) is 8.85. The Labute approximate surface area is 82.2 Å². The molecule has 0 fully saturated rings. The Morgan fingerprint density at radius 1 is 1.67 bits per heavy atom. The van der Waals surface area contributed by atoms with Crippen LogP contribution < -0.4 is 0 Å². The van der Waals surface area contributed by atoms with Crippen molar-refractivity contribution in [2.45, 2.75) is 13.3 Å². The van der Waals surface area contributed by atoms with Gasteiger partial charge in [0.25, 0.3) is 0 Å². The maximum Gasteiger partial charge on any atom is 0.0322 e. The van der Waals surface area contributed by atoms with Gasteiger partial charge in [-0.15, -0.1) is 0 Å². The molecule has 0 spiro atoms. The number of carbonyl (C=O) groups excluding carboxylic acids is 1. The minimum Gasteiger partial charge on any atom is -0.540 e. The van der Waals surface area contributed by atoms with Gasteiger partial charge in [-0.05, 0) is 6.61 Å². The van der Waals surface area contributed by atoms with Crippen LogP contribution in [0.3, 0.4) is 0 Å². The molecule has 0 aliphatic rings. The third kappa shape index (κ3) is 53.0. The molecular weight excluding hydrogens is 193 g/mol. The summed E-state index contributed by atoms with van der Waals surface area (Å²) in [6.45, 7) is 5.58. The Morgan fingerprint density at radius 2 is 2.00 bits per heavy atom. The van der Waals surface area contributed by atoms with Gasteiger partial charge in [0.15, 0.2) is 0 Å². The number of hydrogen-bond acceptors (Lipinski definition) is 2. The maximum absolute atomic E-state index is 9.15.